The van der Waals surface area contributed by atoms with Crippen LogP contribution in [0.3, 0.4) is 0 Å². The van der Waals surface area contributed by atoms with Crippen LogP contribution in [0.1, 0.15) is 48.6 Å². The Morgan fingerprint density at radius 2 is 2.07 bits per heavy atom. The number of ether oxygens (including phenoxy) is 1. The van der Waals surface area contributed by atoms with Gasteiger partial charge in [0.25, 0.3) is 0 Å². The Hall–Kier alpha value is -1.19. The van der Waals surface area contributed by atoms with Crippen LogP contribution in [0.25, 0.3) is 0 Å². The third-order valence-electron chi connectivity index (χ3n) is 5.53. The van der Waals surface area contributed by atoms with Crippen LogP contribution in [0, 0.1) is 0 Å². The van der Waals surface area contributed by atoms with Gasteiger partial charge in [-0.05, 0) is 25.3 Å². The summed E-state index contributed by atoms with van der Waals surface area (Å²) in [5.41, 5.74) is 2.71. The fraction of sp³-hybridized carbons (Fsp3) is 0.524. The van der Waals surface area contributed by atoms with Crippen molar-refractivity contribution in [2.24, 2.45) is 4.99 Å². The molecule has 1 saturated carbocycles. The summed E-state index contributed by atoms with van der Waals surface area (Å²) < 4.78 is 5.36. The summed E-state index contributed by atoms with van der Waals surface area (Å²) in [4.78, 5) is 11.3. The van der Waals surface area contributed by atoms with Crippen LogP contribution in [-0.2, 0) is 16.7 Å². The number of nitrogens with one attached hydrogen (secondary N) is 1. The minimum Gasteiger partial charge on any atom is -0.375 e. The second-order valence-electron chi connectivity index (χ2n) is 7.31. The summed E-state index contributed by atoms with van der Waals surface area (Å²) in [6.45, 7) is 3.66. The van der Waals surface area contributed by atoms with E-state index in [1.165, 1.54) is 24.8 Å². The molecule has 0 aliphatic heterocycles. The number of hydrogen-bond donors (Lipinski definition) is 1. The van der Waals surface area contributed by atoms with E-state index in [1.54, 1.807) is 18.4 Å². The van der Waals surface area contributed by atoms with Crippen molar-refractivity contribution in [1.82, 2.24) is 15.2 Å². The summed E-state index contributed by atoms with van der Waals surface area (Å²) in [5, 5.41) is 6.72. The lowest BCUT2D eigenvalue weighted by Gasteiger charge is -2.43. The molecule has 0 bridgehead atoms. The Balaban J connectivity index is 0.00000280. The predicted octanol–water partition coefficient (Wildman–Crippen LogP) is 4.60. The third-order valence-corrected chi connectivity index (χ3v) is 6.58. The maximum absolute atomic E-state index is 5.36. The van der Waals surface area contributed by atoms with Crippen molar-refractivity contribution in [1.29, 1.82) is 0 Å². The van der Waals surface area contributed by atoms with Crippen LogP contribution < -0.4 is 5.32 Å². The first-order valence-corrected chi connectivity index (χ1v) is 10.4. The largest absolute Gasteiger partial charge is 0.375 e. The van der Waals surface area contributed by atoms with E-state index in [0.29, 0.717) is 0 Å². The Kier molecular flexibility index (Phi) is 8.70. The minimum atomic E-state index is 0. The molecule has 1 fully saturated rings. The van der Waals surface area contributed by atoms with E-state index in [9.17, 15) is 0 Å². The first-order chi connectivity index (χ1) is 13.1. The molecule has 2 aromatic rings. The number of guanidine groups is 1. The number of nitrogens with zero attached hydrogens (tertiary/aromatic N) is 3. The van der Waals surface area contributed by atoms with Gasteiger partial charge in [0, 0.05) is 38.5 Å². The monoisotopic (exact) mass is 514 g/mol. The summed E-state index contributed by atoms with van der Waals surface area (Å²) in [6, 6.07) is 10.9. The van der Waals surface area contributed by atoms with E-state index in [0.717, 1.165) is 29.8 Å². The highest BCUT2D eigenvalue weighted by Gasteiger charge is 2.38. The van der Waals surface area contributed by atoms with Crippen LogP contribution in [0.5, 0.6) is 0 Å². The molecule has 1 aliphatic rings. The Morgan fingerprint density at radius 3 is 2.64 bits per heavy atom. The first kappa shape index (κ1) is 23.1. The fourth-order valence-electron chi connectivity index (χ4n) is 3.60. The summed E-state index contributed by atoms with van der Waals surface area (Å²) >= 11 is 1.65. The maximum atomic E-state index is 5.36. The molecule has 1 aromatic heterocycles. The van der Waals surface area contributed by atoms with E-state index < -0.39 is 0 Å². The van der Waals surface area contributed by atoms with Gasteiger partial charge in [0.2, 0.25) is 0 Å². The van der Waals surface area contributed by atoms with E-state index in [4.69, 9.17) is 9.72 Å². The highest BCUT2D eigenvalue weighted by Crippen LogP contribution is 2.43. The lowest BCUT2D eigenvalue weighted by atomic mass is 9.64. The molecule has 0 spiro atoms. The van der Waals surface area contributed by atoms with Gasteiger partial charge in [0.05, 0.1) is 12.2 Å². The van der Waals surface area contributed by atoms with E-state index >= 15 is 0 Å². The minimum absolute atomic E-state index is 0. The molecule has 7 heteroatoms. The molecule has 5 nitrogen and oxygen atoms in total. The number of methoxy groups -OCH3 is 1. The molecule has 1 aliphatic carbocycles. The van der Waals surface area contributed by atoms with Crippen LogP contribution in [0.4, 0.5) is 0 Å². The second kappa shape index (κ2) is 10.5. The maximum Gasteiger partial charge on any atom is 0.193 e. The van der Waals surface area contributed by atoms with E-state index in [-0.39, 0.29) is 35.5 Å². The molecule has 1 aromatic carbocycles. The average molecular weight is 514 g/mol. The standard InChI is InChI=1S/C21H30N4OS.HI/c1-16(26-4)19-24-18(14-27-19)13-25(3)20(22-2)23-15-21(11-8-12-21)17-9-6-5-7-10-17;/h5-7,9-10,14,16H,8,11-13,15H2,1-4H3,(H,22,23);1H. The van der Waals surface area contributed by atoms with Crippen molar-refractivity contribution in [3.05, 3.63) is 52.0 Å². The van der Waals surface area contributed by atoms with Gasteiger partial charge in [0.1, 0.15) is 11.1 Å². The SMILES string of the molecule is CN=C(NCC1(c2ccccc2)CCC1)N(C)Cc1csc(C(C)OC)n1.I. The number of rotatable bonds is 7. The van der Waals surface area contributed by atoms with Gasteiger partial charge in [-0.3, -0.25) is 4.99 Å². The zero-order valence-corrected chi connectivity index (χ0v) is 20.3. The summed E-state index contributed by atoms with van der Waals surface area (Å²) in [7, 11) is 5.62. The molecule has 3 rings (SSSR count). The Morgan fingerprint density at radius 1 is 1.36 bits per heavy atom. The van der Waals surface area contributed by atoms with Gasteiger partial charge >= 0.3 is 0 Å². The number of aromatic nitrogens is 1. The zero-order valence-electron chi connectivity index (χ0n) is 17.1. The topological polar surface area (TPSA) is 49.8 Å². The Bertz CT molecular complexity index is 761. The molecule has 0 saturated heterocycles. The van der Waals surface area contributed by atoms with Crippen LogP contribution in [-0.4, -0.2) is 43.6 Å². The van der Waals surface area contributed by atoms with Crippen LogP contribution in [0.2, 0.25) is 0 Å². The smallest absolute Gasteiger partial charge is 0.193 e. The molecular formula is C21H31IN4OS. The molecule has 1 N–H and O–H groups in total. The van der Waals surface area contributed by atoms with Crippen molar-refractivity contribution in [3.63, 3.8) is 0 Å². The third kappa shape index (κ3) is 5.24. The van der Waals surface area contributed by atoms with Crippen molar-refractivity contribution in [2.45, 2.75) is 44.2 Å². The van der Waals surface area contributed by atoms with Gasteiger partial charge in [-0.2, -0.15) is 0 Å². The predicted molar refractivity (Wildman–Crippen MR) is 128 cm³/mol. The van der Waals surface area contributed by atoms with Crippen LogP contribution in [0.15, 0.2) is 40.7 Å². The lowest BCUT2D eigenvalue weighted by molar-refractivity contribution is 0.119. The van der Waals surface area contributed by atoms with Crippen molar-refractivity contribution < 1.29 is 4.74 Å². The molecule has 28 heavy (non-hydrogen) atoms. The van der Waals surface area contributed by atoms with Gasteiger partial charge in [-0.15, -0.1) is 35.3 Å². The van der Waals surface area contributed by atoms with Gasteiger partial charge in [-0.1, -0.05) is 36.8 Å². The molecule has 154 valence electrons. The van der Waals surface area contributed by atoms with Crippen molar-refractivity contribution >= 4 is 41.3 Å². The number of hydrogen-bond acceptors (Lipinski definition) is 4. The number of benzene rings is 1. The fourth-order valence-corrected chi connectivity index (χ4v) is 4.44. The molecule has 1 unspecified atom stereocenters. The van der Waals surface area contributed by atoms with Gasteiger partial charge in [-0.25, -0.2) is 4.98 Å². The summed E-state index contributed by atoms with van der Waals surface area (Å²) in [5.74, 6) is 0.909. The Labute approximate surface area is 189 Å². The highest BCUT2D eigenvalue weighted by molar-refractivity contribution is 14.0. The number of halogens is 1. The highest BCUT2D eigenvalue weighted by atomic mass is 127. The normalized spacial score (nSPS) is 16.6. The second-order valence-corrected chi connectivity index (χ2v) is 8.20. The van der Waals surface area contributed by atoms with Crippen LogP contribution >= 0.6 is 35.3 Å². The number of aliphatic imine (C=N–C) groups is 1. The molecule has 1 atom stereocenters. The molecule has 1 heterocycles. The quantitative estimate of drug-likeness (QED) is 0.334. The number of thiazole rings is 1. The van der Waals surface area contributed by atoms with E-state index in [1.807, 2.05) is 14.0 Å². The zero-order chi connectivity index (χ0) is 19.3. The first-order valence-electron chi connectivity index (χ1n) is 9.52. The van der Waals surface area contributed by atoms with Gasteiger partial charge < -0.3 is 15.0 Å². The van der Waals surface area contributed by atoms with Gasteiger partial charge in [0.15, 0.2) is 5.96 Å². The lowest BCUT2D eigenvalue weighted by Crippen LogP contribution is -2.49. The molecular weight excluding hydrogens is 483 g/mol. The average Bonchev–Trinajstić information content (AvgIpc) is 3.12. The van der Waals surface area contributed by atoms with Crippen molar-refractivity contribution in [3.8, 4) is 0 Å². The molecule has 0 radical (unpaired) electrons. The van der Waals surface area contributed by atoms with E-state index in [2.05, 4.69) is 58.0 Å². The van der Waals surface area contributed by atoms with Crippen molar-refractivity contribution in [2.75, 3.05) is 27.7 Å². The molecule has 0 amide bonds. The summed E-state index contributed by atoms with van der Waals surface area (Å²) in [6.07, 6.45) is 3.80.